The summed E-state index contributed by atoms with van der Waals surface area (Å²) in [7, 11) is 0. The van der Waals surface area contributed by atoms with Crippen molar-refractivity contribution < 1.29 is 0 Å². The molecule has 1 saturated carbocycles. The molecular weight excluding hydrogens is 156 g/mol. The SMILES string of the molecule is C1CCC1.CC.CC.CCC(C)C. The zero-order valence-electron chi connectivity index (χ0n) is 11.1. The molecule has 0 aliphatic heterocycles. The summed E-state index contributed by atoms with van der Waals surface area (Å²) in [5.41, 5.74) is 0. The summed E-state index contributed by atoms with van der Waals surface area (Å²) in [5.74, 6) is 0.884. The first kappa shape index (κ1) is 18.7. The van der Waals surface area contributed by atoms with Gasteiger partial charge in [-0.3, -0.25) is 0 Å². The van der Waals surface area contributed by atoms with Gasteiger partial charge in [-0.15, -0.1) is 0 Å². The largest absolute Gasteiger partial charge is 0.0683 e. The van der Waals surface area contributed by atoms with Gasteiger partial charge in [-0.25, -0.2) is 0 Å². The molecule has 1 aliphatic rings. The minimum absolute atomic E-state index is 0.884. The molecule has 0 unspecified atom stereocenters. The van der Waals surface area contributed by atoms with E-state index in [-0.39, 0.29) is 0 Å². The molecule has 0 radical (unpaired) electrons. The zero-order valence-corrected chi connectivity index (χ0v) is 11.1. The summed E-state index contributed by atoms with van der Waals surface area (Å²) in [6.45, 7) is 14.6. The Balaban J connectivity index is -0.000000113. The van der Waals surface area contributed by atoms with Crippen LogP contribution in [0.1, 0.15) is 80.6 Å². The zero-order chi connectivity index (χ0) is 11.1. The highest BCUT2D eigenvalue weighted by Gasteiger charge is 1.95. The Morgan fingerprint density at radius 1 is 0.769 bits per heavy atom. The average molecular weight is 188 g/mol. The molecule has 0 heteroatoms. The molecule has 0 spiro atoms. The van der Waals surface area contributed by atoms with E-state index in [2.05, 4.69) is 20.8 Å². The van der Waals surface area contributed by atoms with Crippen molar-refractivity contribution in [2.75, 3.05) is 0 Å². The topological polar surface area (TPSA) is 0 Å². The van der Waals surface area contributed by atoms with E-state index in [0.29, 0.717) is 0 Å². The van der Waals surface area contributed by atoms with Gasteiger partial charge in [0.2, 0.25) is 0 Å². The fourth-order valence-corrected chi connectivity index (χ4v) is 0.250. The van der Waals surface area contributed by atoms with E-state index in [1.807, 2.05) is 27.7 Å². The van der Waals surface area contributed by atoms with Crippen LogP contribution < -0.4 is 0 Å². The summed E-state index contributed by atoms with van der Waals surface area (Å²) in [5, 5.41) is 0. The van der Waals surface area contributed by atoms with Crippen molar-refractivity contribution in [1.29, 1.82) is 0 Å². The van der Waals surface area contributed by atoms with Crippen molar-refractivity contribution in [3.8, 4) is 0 Å². The van der Waals surface area contributed by atoms with E-state index in [0.717, 1.165) is 5.92 Å². The Morgan fingerprint density at radius 3 is 0.923 bits per heavy atom. The first-order valence-electron chi connectivity index (χ1n) is 6.27. The van der Waals surface area contributed by atoms with Crippen LogP contribution in [0.3, 0.4) is 0 Å². The highest BCUT2D eigenvalue weighted by molar-refractivity contribution is 4.50. The Morgan fingerprint density at radius 2 is 0.923 bits per heavy atom. The molecular formula is C13H32. The van der Waals surface area contributed by atoms with E-state index in [9.17, 15) is 0 Å². The molecule has 0 nitrogen and oxygen atoms in total. The highest BCUT2D eigenvalue weighted by Crippen LogP contribution is 2.15. The molecule has 0 aromatic carbocycles. The second kappa shape index (κ2) is 22.7. The van der Waals surface area contributed by atoms with Crippen LogP contribution in [-0.4, -0.2) is 0 Å². The van der Waals surface area contributed by atoms with Crippen LogP contribution in [-0.2, 0) is 0 Å². The standard InChI is InChI=1S/C5H12.C4H8.2C2H6/c1-4-5(2)3;1-2-4-3-1;2*1-2/h5H,4H2,1-3H3;1-4H2;2*1-2H3. The second-order valence-corrected chi connectivity index (χ2v) is 3.22. The third-order valence-electron chi connectivity index (χ3n) is 1.82. The van der Waals surface area contributed by atoms with E-state index in [4.69, 9.17) is 0 Å². The van der Waals surface area contributed by atoms with Gasteiger partial charge >= 0.3 is 0 Å². The minimum Gasteiger partial charge on any atom is -0.0683 e. The van der Waals surface area contributed by atoms with E-state index in [1.54, 1.807) is 0 Å². The maximum absolute atomic E-state index is 2.22. The van der Waals surface area contributed by atoms with Gasteiger partial charge in [0, 0.05) is 0 Å². The maximum atomic E-state index is 2.22. The smallest absolute Gasteiger partial charge is 0.0474 e. The molecule has 0 aromatic rings. The third-order valence-corrected chi connectivity index (χ3v) is 1.82. The number of hydrogen-bond acceptors (Lipinski definition) is 0. The van der Waals surface area contributed by atoms with Crippen LogP contribution >= 0.6 is 0 Å². The Kier molecular flexibility index (Phi) is 32.7. The quantitative estimate of drug-likeness (QED) is 0.497. The van der Waals surface area contributed by atoms with Gasteiger partial charge < -0.3 is 0 Å². The van der Waals surface area contributed by atoms with Gasteiger partial charge in [0.1, 0.15) is 0 Å². The lowest BCUT2D eigenvalue weighted by Crippen LogP contribution is -1.85. The molecule has 84 valence electrons. The van der Waals surface area contributed by atoms with Crippen molar-refractivity contribution in [1.82, 2.24) is 0 Å². The molecule has 0 N–H and O–H groups in total. The molecule has 1 rings (SSSR count). The Labute approximate surface area is 87.1 Å². The van der Waals surface area contributed by atoms with Crippen LogP contribution in [0.15, 0.2) is 0 Å². The normalized spacial score (nSPS) is 12.0. The highest BCUT2D eigenvalue weighted by atomic mass is 14.0. The van der Waals surface area contributed by atoms with Crippen molar-refractivity contribution in [2.45, 2.75) is 80.6 Å². The summed E-state index contributed by atoms with van der Waals surface area (Å²) >= 11 is 0. The van der Waals surface area contributed by atoms with Crippen LogP contribution in [0.2, 0.25) is 0 Å². The lowest BCUT2D eigenvalue weighted by atomic mass is 10.0. The summed E-state index contributed by atoms with van der Waals surface area (Å²) in [6, 6.07) is 0. The van der Waals surface area contributed by atoms with Crippen molar-refractivity contribution in [3.05, 3.63) is 0 Å². The van der Waals surface area contributed by atoms with Crippen molar-refractivity contribution in [2.24, 2.45) is 5.92 Å². The Bertz CT molecular complexity index is 38.0. The summed E-state index contributed by atoms with van der Waals surface area (Å²) in [4.78, 5) is 0. The molecule has 0 saturated heterocycles. The van der Waals surface area contributed by atoms with E-state index >= 15 is 0 Å². The first-order chi connectivity index (χ1) is 6.27. The van der Waals surface area contributed by atoms with Crippen LogP contribution in [0.4, 0.5) is 0 Å². The van der Waals surface area contributed by atoms with Crippen LogP contribution in [0.5, 0.6) is 0 Å². The van der Waals surface area contributed by atoms with Crippen molar-refractivity contribution in [3.63, 3.8) is 0 Å². The van der Waals surface area contributed by atoms with Gasteiger partial charge in [-0.05, 0) is 5.92 Å². The summed E-state index contributed by atoms with van der Waals surface area (Å²) < 4.78 is 0. The maximum Gasteiger partial charge on any atom is -0.0474 e. The monoisotopic (exact) mass is 188 g/mol. The van der Waals surface area contributed by atoms with E-state index in [1.165, 1.54) is 32.1 Å². The predicted molar refractivity (Wildman–Crippen MR) is 66.3 cm³/mol. The number of rotatable bonds is 1. The summed E-state index contributed by atoms with van der Waals surface area (Å²) in [6.07, 6.45) is 7.31. The Hall–Kier alpha value is 0. The lowest BCUT2D eigenvalue weighted by Gasteiger charge is -2.05. The second-order valence-electron chi connectivity index (χ2n) is 3.22. The first-order valence-corrected chi connectivity index (χ1v) is 6.27. The van der Waals surface area contributed by atoms with E-state index < -0.39 is 0 Å². The van der Waals surface area contributed by atoms with Crippen molar-refractivity contribution >= 4 is 0 Å². The molecule has 0 aromatic heterocycles. The molecule has 0 heterocycles. The third kappa shape index (κ3) is 33.3. The predicted octanol–water partition coefficient (Wildman–Crippen LogP) is 5.67. The van der Waals surface area contributed by atoms with Gasteiger partial charge in [0.05, 0.1) is 0 Å². The lowest BCUT2D eigenvalue weighted by molar-refractivity contribution is 0.504. The van der Waals surface area contributed by atoms with Crippen LogP contribution in [0, 0.1) is 5.92 Å². The van der Waals surface area contributed by atoms with Gasteiger partial charge in [0.15, 0.2) is 0 Å². The average Bonchev–Trinajstić information content (AvgIpc) is 2.09. The molecule has 0 atom stereocenters. The van der Waals surface area contributed by atoms with Crippen LogP contribution in [0.25, 0.3) is 0 Å². The molecule has 0 amide bonds. The van der Waals surface area contributed by atoms with Gasteiger partial charge in [-0.2, -0.15) is 0 Å². The fourth-order valence-electron chi connectivity index (χ4n) is 0.250. The fraction of sp³-hybridized carbons (Fsp3) is 1.00. The molecule has 13 heavy (non-hydrogen) atoms. The van der Waals surface area contributed by atoms with Gasteiger partial charge in [-0.1, -0.05) is 80.6 Å². The molecule has 1 fully saturated rings. The molecule has 0 bridgehead atoms. The molecule has 1 aliphatic carbocycles. The number of hydrogen-bond donors (Lipinski definition) is 0. The van der Waals surface area contributed by atoms with Gasteiger partial charge in [0.25, 0.3) is 0 Å². The minimum atomic E-state index is 0.884.